The highest BCUT2D eigenvalue weighted by molar-refractivity contribution is 7.70. The van der Waals surface area contributed by atoms with E-state index in [1.807, 2.05) is 48.5 Å². The molecule has 4 aromatic rings. The van der Waals surface area contributed by atoms with Gasteiger partial charge in [-0.1, -0.05) is 23.7 Å². The average molecular weight is 537 g/mol. The molecule has 0 bridgehead atoms. The molecule has 2 aromatic heterocycles. The van der Waals surface area contributed by atoms with Crippen molar-refractivity contribution in [3.8, 4) is 0 Å². The summed E-state index contributed by atoms with van der Waals surface area (Å²) in [6.45, 7) is 5.94. The number of rotatable bonds is 6. The third kappa shape index (κ3) is 5.30. The molecule has 1 aliphatic rings. The molecule has 190 valence electrons. The Morgan fingerprint density at radius 2 is 1.97 bits per heavy atom. The van der Waals surface area contributed by atoms with Gasteiger partial charge < -0.3 is 25.4 Å². The third-order valence-electron chi connectivity index (χ3n) is 5.98. The zero-order valence-corrected chi connectivity index (χ0v) is 22.2. The van der Waals surface area contributed by atoms with Crippen molar-refractivity contribution in [1.29, 1.82) is 0 Å². The number of H-pyrrole nitrogens is 1. The van der Waals surface area contributed by atoms with Gasteiger partial charge in [-0.3, -0.25) is 9.89 Å². The van der Waals surface area contributed by atoms with Crippen molar-refractivity contribution in [2.75, 3.05) is 37.2 Å². The van der Waals surface area contributed by atoms with Gasteiger partial charge in [0.2, 0.25) is 11.9 Å². The molecule has 0 saturated carbocycles. The summed E-state index contributed by atoms with van der Waals surface area (Å²) >= 11 is 6.38. The summed E-state index contributed by atoms with van der Waals surface area (Å²) in [5.74, 6) is 0.758. The van der Waals surface area contributed by atoms with E-state index in [-0.39, 0.29) is 5.91 Å². The topological polar surface area (TPSA) is 128 Å². The van der Waals surface area contributed by atoms with Gasteiger partial charge in [0.25, 0.3) is 0 Å². The lowest BCUT2D eigenvalue weighted by Crippen LogP contribution is -2.40. The van der Waals surface area contributed by atoms with Crippen LogP contribution in [0.2, 0.25) is 5.02 Å². The Kier molecular flexibility index (Phi) is 6.62. The molecule has 2 aromatic carbocycles. The molecule has 5 rings (SSSR count). The molecule has 1 amide bonds. The van der Waals surface area contributed by atoms with Crippen molar-refractivity contribution in [3.63, 3.8) is 0 Å². The predicted octanol–water partition coefficient (Wildman–Crippen LogP) is 4.49. The minimum Gasteiger partial charge on any atom is -0.366 e. The molecule has 0 radical (unpaired) electrons. The highest BCUT2D eigenvalue weighted by Gasteiger charge is 2.19. The Balaban J connectivity index is 1.41. The summed E-state index contributed by atoms with van der Waals surface area (Å²) in [6, 6.07) is 13.2. The van der Waals surface area contributed by atoms with Gasteiger partial charge in [-0.05, 0) is 49.7 Å². The van der Waals surface area contributed by atoms with Crippen LogP contribution in [-0.2, 0) is 9.36 Å². The van der Waals surface area contributed by atoms with Crippen LogP contribution in [0.25, 0.3) is 16.6 Å². The lowest BCUT2D eigenvalue weighted by Gasteiger charge is -2.26. The second-order valence-corrected chi connectivity index (χ2v) is 12.6. The maximum Gasteiger partial charge on any atom is 0.229 e. The summed E-state index contributed by atoms with van der Waals surface area (Å²) in [4.78, 5) is 22.2. The van der Waals surface area contributed by atoms with Gasteiger partial charge in [0.1, 0.15) is 17.9 Å². The number of carbonyl (C=O) groups is 1. The lowest BCUT2D eigenvalue weighted by molar-refractivity contribution is -0.128. The van der Waals surface area contributed by atoms with E-state index in [4.69, 9.17) is 11.6 Å². The number of amides is 1. The fourth-order valence-corrected chi connectivity index (χ4v) is 5.35. The molecular weight excluding hydrogens is 511 g/mol. The third-order valence-corrected chi connectivity index (χ3v) is 7.80. The van der Waals surface area contributed by atoms with E-state index >= 15 is 0 Å². The first-order valence-electron chi connectivity index (χ1n) is 11.6. The number of hydrogen-bond acceptors (Lipinski definition) is 8. The molecule has 12 heteroatoms. The average Bonchev–Trinajstić information content (AvgIpc) is 3.29. The van der Waals surface area contributed by atoms with Gasteiger partial charge >= 0.3 is 0 Å². The molecule has 10 nitrogen and oxygen atoms in total. The number of halogens is 1. The fourth-order valence-electron chi connectivity index (χ4n) is 4.06. The standard InChI is InChI=1S/C25H26ClN8O2P/c1-15(35)34-11-10-21(28-14-34)23-17-12-16(8-9-19(17)32-33-23)29-25-27-13-18(26)24(31-25)30-20-6-4-5-7-22(20)37(2,3)36/h4-10,12-13,28H,11,14H2,1-3H3,(H,32,33)(H2,27,29,30,31). The number of anilines is 4. The number of hydrogen-bond donors (Lipinski definition) is 4. The van der Waals surface area contributed by atoms with E-state index in [2.05, 4.69) is 36.1 Å². The van der Waals surface area contributed by atoms with E-state index in [0.717, 1.165) is 28.0 Å². The molecule has 0 fully saturated rings. The summed E-state index contributed by atoms with van der Waals surface area (Å²) in [7, 11) is -2.52. The van der Waals surface area contributed by atoms with Crippen molar-refractivity contribution in [3.05, 3.63) is 65.5 Å². The largest absolute Gasteiger partial charge is 0.366 e. The van der Waals surface area contributed by atoms with Crippen molar-refractivity contribution in [2.45, 2.75) is 6.92 Å². The Bertz CT molecular complexity index is 1580. The van der Waals surface area contributed by atoms with Crippen LogP contribution >= 0.6 is 18.7 Å². The lowest BCUT2D eigenvalue weighted by atomic mass is 10.1. The van der Waals surface area contributed by atoms with Crippen LogP contribution in [0.1, 0.15) is 12.6 Å². The van der Waals surface area contributed by atoms with Gasteiger partial charge in [-0.2, -0.15) is 10.1 Å². The van der Waals surface area contributed by atoms with Gasteiger partial charge in [-0.15, -0.1) is 0 Å². The van der Waals surface area contributed by atoms with Crippen molar-refractivity contribution in [2.24, 2.45) is 0 Å². The maximum atomic E-state index is 12.7. The summed E-state index contributed by atoms with van der Waals surface area (Å²) < 4.78 is 12.7. The summed E-state index contributed by atoms with van der Waals surface area (Å²) in [5, 5.41) is 19.2. The fraction of sp³-hybridized carbons (Fsp3) is 0.200. The summed E-state index contributed by atoms with van der Waals surface area (Å²) in [6.07, 6.45) is 3.46. The monoisotopic (exact) mass is 536 g/mol. The molecule has 0 unspecified atom stereocenters. The zero-order chi connectivity index (χ0) is 26.2. The van der Waals surface area contributed by atoms with Crippen LogP contribution < -0.4 is 21.3 Å². The summed E-state index contributed by atoms with van der Waals surface area (Å²) in [5.41, 5.74) is 3.94. The van der Waals surface area contributed by atoms with E-state index in [0.29, 0.717) is 41.0 Å². The van der Waals surface area contributed by atoms with Gasteiger partial charge in [-0.25, -0.2) is 4.98 Å². The minimum atomic E-state index is -2.52. The number of para-hydroxylation sites is 1. The van der Waals surface area contributed by atoms with Crippen LogP contribution in [0.15, 0.2) is 54.7 Å². The number of aromatic nitrogens is 4. The van der Waals surface area contributed by atoms with Crippen LogP contribution in [0.3, 0.4) is 0 Å². The Morgan fingerprint density at radius 3 is 2.70 bits per heavy atom. The number of nitrogens with one attached hydrogen (secondary N) is 4. The molecule has 0 saturated heterocycles. The van der Waals surface area contributed by atoms with E-state index in [9.17, 15) is 9.36 Å². The molecule has 0 atom stereocenters. The molecule has 3 heterocycles. The number of aromatic amines is 1. The number of fused-ring (bicyclic) bond motifs is 1. The van der Waals surface area contributed by atoms with Gasteiger partial charge in [0.05, 0.1) is 29.8 Å². The number of nitrogens with zero attached hydrogens (tertiary/aromatic N) is 4. The molecule has 37 heavy (non-hydrogen) atoms. The van der Waals surface area contributed by atoms with Crippen LogP contribution in [0.5, 0.6) is 0 Å². The van der Waals surface area contributed by atoms with Gasteiger partial charge in [0.15, 0.2) is 5.82 Å². The van der Waals surface area contributed by atoms with Crippen LogP contribution in [0, 0.1) is 0 Å². The zero-order valence-electron chi connectivity index (χ0n) is 20.5. The molecule has 0 aliphatic carbocycles. The Labute approximate surface area is 218 Å². The Morgan fingerprint density at radius 1 is 1.16 bits per heavy atom. The first-order valence-corrected chi connectivity index (χ1v) is 14.6. The van der Waals surface area contributed by atoms with E-state index in [1.165, 1.54) is 6.20 Å². The minimum absolute atomic E-state index is 0.0138. The highest BCUT2D eigenvalue weighted by atomic mass is 35.5. The Hall–Kier alpha value is -3.88. The first-order chi connectivity index (χ1) is 17.7. The highest BCUT2D eigenvalue weighted by Crippen LogP contribution is 2.38. The van der Waals surface area contributed by atoms with E-state index in [1.54, 1.807) is 25.2 Å². The SMILES string of the molecule is CC(=O)N1CC=C(c2n[nH]c3ccc(Nc4ncc(Cl)c(Nc5ccccc5P(C)(C)=O)n4)cc23)NC1. The second kappa shape index (κ2) is 9.88. The van der Waals surface area contributed by atoms with Crippen LogP contribution in [0.4, 0.5) is 23.1 Å². The molecule has 4 N–H and O–H groups in total. The van der Waals surface area contributed by atoms with Crippen LogP contribution in [-0.4, -0.2) is 57.5 Å². The molecular formula is C25H26ClN8O2P. The van der Waals surface area contributed by atoms with Gasteiger partial charge in [0, 0.05) is 29.8 Å². The van der Waals surface area contributed by atoms with Crippen molar-refractivity contribution in [1.82, 2.24) is 30.4 Å². The molecule has 1 aliphatic heterocycles. The smallest absolute Gasteiger partial charge is 0.229 e. The van der Waals surface area contributed by atoms with E-state index < -0.39 is 7.14 Å². The first kappa shape index (κ1) is 24.8. The van der Waals surface area contributed by atoms with Crippen molar-refractivity contribution >= 4 is 69.7 Å². The second-order valence-electron chi connectivity index (χ2n) is 9.03. The normalized spacial score (nSPS) is 13.7. The number of carbonyl (C=O) groups excluding carboxylic acids is 1. The quantitative estimate of drug-likeness (QED) is 0.265. The predicted molar refractivity (Wildman–Crippen MR) is 149 cm³/mol. The molecule has 0 spiro atoms. The van der Waals surface area contributed by atoms with Crippen molar-refractivity contribution < 1.29 is 9.36 Å². The number of benzene rings is 2. The maximum absolute atomic E-state index is 12.7.